The molecule has 11 heavy (non-hydrogen) atoms. The number of allylic oxidation sites excluding steroid dienone is 4. The largest absolute Gasteiger partial charge is 0.402 e. The van der Waals surface area contributed by atoms with Crippen LogP contribution in [-0.2, 0) is 0 Å². The molecule has 0 aromatic rings. The molecule has 1 rings (SSSR count). The van der Waals surface area contributed by atoms with Crippen molar-refractivity contribution in [3.8, 4) is 0 Å². The third kappa shape index (κ3) is 2.24. The van der Waals surface area contributed by atoms with E-state index in [0.29, 0.717) is 12.5 Å². The smallest absolute Gasteiger partial charge is 0.0199 e. The van der Waals surface area contributed by atoms with E-state index in [-0.39, 0.29) is 0 Å². The highest BCUT2D eigenvalue weighted by molar-refractivity contribution is 5.19. The van der Waals surface area contributed by atoms with E-state index >= 15 is 0 Å². The fraction of sp³-hybridized carbons (Fsp3) is 0.333. The predicted molar refractivity (Wildman–Crippen MR) is 47.7 cm³/mol. The van der Waals surface area contributed by atoms with Crippen molar-refractivity contribution in [2.45, 2.75) is 6.42 Å². The topological polar surface area (TPSA) is 52.0 Å². The van der Waals surface area contributed by atoms with Crippen molar-refractivity contribution in [2.24, 2.45) is 17.4 Å². The summed E-state index contributed by atoms with van der Waals surface area (Å²) in [5, 5.41) is 0. The Labute approximate surface area is 67.3 Å². The molecule has 1 aliphatic rings. The molecule has 0 saturated heterocycles. The minimum Gasteiger partial charge on any atom is -0.402 e. The molecule has 2 heteroatoms. The quantitative estimate of drug-likeness (QED) is 0.615. The van der Waals surface area contributed by atoms with Crippen molar-refractivity contribution in [3.63, 3.8) is 0 Å². The maximum absolute atomic E-state index is 5.75. The molecule has 0 fully saturated rings. The van der Waals surface area contributed by atoms with Gasteiger partial charge in [0.05, 0.1) is 0 Å². The molecule has 1 unspecified atom stereocenters. The summed E-state index contributed by atoms with van der Waals surface area (Å²) in [6, 6.07) is 0. The highest BCUT2D eigenvalue weighted by atomic mass is 14.6. The van der Waals surface area contributed by atoms with Gasteiger partial charge in [0, 0.05) is 18.2 Å². The minimum atomic E-state index is 0.364. The number of hydrogen-bond acceptors (Lipinski definition) is 2. The van der Waals surface area contributed by atoms with Crippen molar-refractivity contribution in [2.75, 3.05) is 6.54 Å². The van der Waals surface area contributed by atoms with E-state index in [0.717, 1.165) is 12.1 Å². The molecule has 2 nitrogen and oxygen atoms in total. The van der Waals surface area contributed by atoms with Crippen molar-refractivity contribution < 1.29 is 0 Å². The van der Waals surface area contributed by atoms with E-state index < -0.39 is 0 Å². The van der Waals surface area contributed by atoms with Crippen LogP contribution in [0, 0.1) is 5.92 Å². The lowest BCUT2D eigenvalue weighted by molar-refractivity contribution is 0.751. The standard InChI is InChI=1S/C9H14N2/c10-7-6-9(11)8-4-2-1-3-5-8/h1-4,6,8H,5,7,10-11H2/b9-6-. The van der Waals surface area contributed by atoms with Crippen molar-refractivity contribution in [3.05, 3.63) is 36.1 Å². The number of hydrogen-bond donors (Lipinski definition) is 2. The van der Waals surface area contributed by atoms with Crippen LogP contribution in [0.1, 0.15) is 6.42 Å². The summed E-state index contributed by atoms with van der Waals surface area (Å²) >= 11 is 0. The Balaban J connectivity index is 2.55. The third-order valence-corrected chi connectivity index (χ3v) is 1.76. The number of rotatable bonds is 2. The lowest BCUT2D eigenvalue weighted by Gasteiger charge is -2.12. The Morgan fingerprint density at radius 1 is 1.55 bits per heavy atom. The van der Waals surface area contributed by atoms with Gasteiger partial charge in [0.2, 0.25) is 0 Å². The van der Waals surface area contributed by atoms with Gasteiger partial charge in [-0.15, -0.1) is 0 Å². The molecule has 1 atom stereocenters. The first-order valence-corrected chi connectivity index (χ1v) is 3.83. The maximum atomic E-state index is 5.75. The summed E-state index contributed by atoms with van der Waals surface area (Å²) in [5.74, 6) is 0.364. The third-order valence-electron chi connectivity index (χ3n) is 1.76. The van der Waals surface area contributed by atoms with E-state index in [9.17, 15) is 0 Å². The first-order chi connectivity index (χ1) is 5.34. The van der Waals surface area contributed by atoms with Gasteiger partial charge in [0.1, 0.15) is 0 Å². The summed E-state index contributed by atoms with van der Waals surface area (Å²) in [6.07, 6.45) is 11.1. The predicted octanol–water partition coefficient (Wildman–Crippen LogP) is 0.920. The molecule has 4 N–H and O–H groups in total. The van der Waals surface area contributed by atoms with Gasteiger partial charge in [-0.3, -0.25) is 0 Å². The van der Waals surface area contributed by atoms with Gasteiger partial charge in [-0.1, -0.05) is 30.4 Å². The Bertz CT molecular complexity index is 202. The maximum Gasteiger partial charge on any atom is 0.0199 e. The second-order valence-electron chi connectivity index (χ2n) is 2.60. The van der Waals surface area contributed by atoms with Crippen LogP contribution in [0.2, 0.25) is 0 Å². The van der Waals surface area contributed by atoms with Crippen LogP contribution < -0.4 is 11.5 Å². The molecule has 0 saturated carbocycles. The van der Waals surface area contributed by atoms with Gasteiger partial charge in [-0.2, -0.15) is 0 Å². The molecule has 0 bridgehead atoms. The Morgan fingerprint density at radius 2 is 2.36 bits per heavy atom. The van der Waals surface area contributed by atoms with Gasteiger partial charge in [0.25, 0.3) is 0 Å². The van der Waals surface area contributed by atoms with E-state index in [1.54, 1.807) is 0 Å². The SMILES string of the molecule is NC/C=C(\N)C1C=CC=CC1. The average Bonchev–Trinajstić information content (AvgIpc) is 2.07. The average molecular weight is 150 g/mol. The highest BCUT2D eigenvalue weighted by Gasteiger charge is 2.06. The van der Waals surface area contributed by atoms with Gasteiger partial charge in [-0.05, 0) is 6.42 Å². The second-order valence-corrected chi connectivity index (χ2v) is 2.60. The van der Waals surface area contributed by atoms with Crippen LogP contribution in [0.5, 0.6) is 0 Å². The van der Waals surface area contributed by atoms with E-state index in [2.05, 4.69) is 12.2 Å². The zero-order valence-electron chi connectivity index (χ0n) is 6.53. The molecule has 0 aromatic heterocycles. The summed E-state index contributed by atoms with van der Waals surface area (Å²) in [6.45, 7) is 0.528. The molecular formula is C9H14N2. The van der Waals surface area contributed by atoms with Crippen LogP contribution in [0.25, 0.3) is 0 Å². The molecular weight excluding hydrogens is 136 g/mol. The van der Waals surface area contributed by atoms with Gasteiger partial charge in [0.15, 0.2) is 0 Å². The Hall–Kier alpha value is -1.02. The molecule has 0 aromatic carbocycles. The second kappa shape index (κ2) is 3.98. The zero-order valence-corrected chi connectivity index (χ0v) is 6.53. The molecule has 0 radical (unpaired) electrons. The Kier molecular flexibility index (Phi) is 2.93. The normalized spacial score (nSPS) is 24.1. The van der Waals surface area contributed by atoms with Crippen molar-refractivity contribution in [1.82, 2.24) is 0 Å². The van der Waals surface area contributed by atoms with E-state index in [4.69, 9.17) is 11.5 Å². The van der Waals surface area contributed by atoms with E-state index in [1.165, 1.54) is 0 Å². The van der Waals surface area contributed by atoms with Gasteiger partial charge in [-0.25, -0.2) is 0 Å². The molecule has 0 aliphatic heterocycles. The number of nitrogens with two attached hydrogens (primary N) is 2. The first-order valence-electron chi connectivity index (χ1n) is 3.83. The van der Waals surface area contributed by atoms with Crippen LogP contribution in [0.4, 0.5) is 0 Å². The fourth-order valence-corrected chi connectivity index (χ4v) is 1.12. The Morgan fingerprint density at radius 3 is 2.91 bits per heavy atom. The minimum absolute atomic E-state index is 0.364. The molecule has 0 amide bonds. The van der Waals surface area contributed by atoms with Crippen molar-refractivity contribution in [1.29, 1.82) is 0 Å². The molecule has 1 aliphatic carbocycles. The monoisotopic (exact) mass is 150 g/mol. The fourth-order valence-electron chi connectivity index (χ4n) is 1.12. The van der Waals surface area contributed by atoms with Crippen LogP contribution in [0.15, 0.2) is 36.1 Å². The zero-order chi connectivity index (χ0) is 8.10. The lowest BCUT2D eigenvalue weighted by atomic mass is 9.97. The van der Waals surface area contributed by atoms with Crippen molar-refractivity contribution >= 4 is 0 Å². The van der Waals surface area contributed by atoms with Gasteiger partial charge >= 0.3 is 0 Å². The van der Waals surface area contributed by atoms with Crippen LogP contribution in [-0.4, -0.2) is 6.54 Å². The van der Waals surface area contributed by atoms with Crippen LogP contribution in [0.3, 0.4) is 0 Å². The summed E-state index contributed by atoms with van der Waals surface area (Å²) in [4.78, 5) is 0. The summed E-state index contributed by atoms with van der Waals surface area (Å²) in [7, 11) is 0. The summed E-state index contributed by atoms with van der Waals surface area (Å²) in [5.41, 5.74) is 12.0. The highest BCUT2D eigenvalue weighted by Crippen LogP contribution is 2.16. The molecule has 0 spiro atoms. The molecule has 0 heterocycles. The molecule has 60 valence electrons. The van der Waals surface area contributed by atoms with Gasteiger partial charge < -0.3 is 11.5 Å². The van der Waals surface area contributed by atoms with E-state index in [1.807, 2.05) is 18.2 Å². The van der Waals surface area contributed by atoms with Crippen LogP contribution >= 0.6 is 0 Å². The first kappa shape index (κ1) is 8.08. The lowest BCUT2D eigenvalue weighted by Crippen LogP contribution is -2.12. The summed E-state index contributed by atoms with van der Waals surface area (Å²) < 4.78 is 0.